The van der Waals surface area contributed by atoms with E-state index >= 15 is 0 Å². The number of rotatable bonds is 4. The van der Waals surface area contributed by atoms with E-state index in [4.69, 9.17) is 0 Å². The predicted molar refractivity (Wildman–Crippen MR) is 87.8 cm³/mol. The van der Waals surface area contributed by atoms with Crippen LogP contribution in [0.15, 0.2) is 47.6 Å². The molecule has 0 bridgehead atoms. The van der Waals surface area contributed by atoms with Crippen molar-refractivity contribution in [3.05, 3.63) is 51.7 Å². The number of anilines is 1. The summed E-state index contributed by atoms with van der Waals surface area (Å²) in [6.07, 6.45) is -3.64. The van der Waals surface area contributed by atoms with E-state index < -0.39 is 11.7 Å². The number of alkyl halides is 3. The van der Waals surface area contributed by atoms with Gasteiger partial charge in [-0.2, -0.15) is 13.2 Å². The number of nitrogens with zero attached hydrogens (tertiary/aromatic N) is 1. The quantitative estimate of drug-likeness (QED) is 0.567. The van der Waals surface area contributed by atoms with Crippen molar-refractivity contribution in [1.29, 1.82) is 0 Å². The number of nitrogens with one attached hydrogen (secondary N) is 1. The molecule has 2 aromatic rings. The molecule has 22 heavy (non-hydrogen) atoms. The van der Waals surface area contributed by atoms with Gasteiger partial charge in [-0.05, 0) is 52.9 Å². The van der Waals surface area contributed by atoms with Gasteiger partial charge in [-0.3, -0.25) is 4.79 Å². The van der Waals surface area contributed by atoms with E-state index in [1.54, 1.807) is 6.07 Å². The average Bonchev–Trinajstić information content (AvgIpc) is 2.45. The van der Waals surface area contributed by atoms with Crippen molar-refractivity contribution in [1.82, 2.24) is 4.98 Å². The van der Waals surface area contributed by atoms with Crippen LogP contribution in [0.3, 0.4) is 0 Å². The minimum atomic E-state index is -4.40. The van der Waals surface area contributed by atoms with Crippen LogP contribution in [-0.2, 0) is 11.0 Å². The summed E-state index contributed by atoms with van der Waals surface area (Å²) in [4.78, 5) is 15.5. The van der Waals surface area contributed by atoms with Crippen LogP contribution < -0.4 is 5.32 Å². The number of aromatic nitrogens is 1. The Morgan fingerprint density at radius 1 is 1.27 bits per heavy atom. The van der Waals surface area contributed by atoms with E-state index in [2.05, 4.69) is 32.9 Å². The third-order valence-corrected chi connectivity index (χ3v) is 4.14. The predicted octanol–water partition coefficient (Wildman–Crippen LogP) is 4.44. The number of halogens is 4. The summed E-state index contributed by atoms with van der Waals surface area (Å²) < 4.78 is 38.2. The molecule has 0 spiro atoms. The Morgan fingerprint density at radius 3 is 2.64 bits per heavy atom. The zero-order valence-corrected chi connectivity index (χ0v) is 14.0. The normalized spacial score (nSPS) is 11.3. The van der Waals surface area contributed by atoms with Gasteiger partial charge in [-0.15, -0.1) is 0 Å². The topological polar surface area (TPSA) is 42.0 Å². The Hall–Kier alpha value is -1.29. The molecule has 116 valence electrons. The Kier molecular flexibility index (Phi) is 5.68. The summed E-state index contributed by atoms with van der Waals surface area (Å²) in [6, 6.07) is 9.51. The molecule has 0 saturated heterocycles. The zero-order chi connectivity index (χ0) is 16.2. The zero-order valence-electron chi connectivity index (χ0n) is 11.0. The lowest BCUT2D eigenvalue weighted by Gasteiger charge is -2.07. The van der Waals surface area contributed by atoms with Crippen molar-refractivity contribution in [2.75, 3.05) is 11.1 Å². The van der Waals surface area contributed by atoms with Crippen LogP contribution >= 0.6 is 34.4 Å². The molecule has 1 aromatic heterocycles. The molecule has 0 saturated carbocycles. The molecule has 0 unspecified atom stereocenters. The third kappa shape index (κ3) is 5.16. The minimum Gasteiger partial charge on any atom is -0.325 e. The van der Waals surface area contributed by atoms with Gasteiger partial charge in [0, 0.05) is 15.5 Å². The van der Waals surface area contributed by atoms with Gasteiger partial charge >= 0.3 is 6.18 Å². The molecule has 1 heterocycles. The number of hydrogen-bond acceptors (Lipinski definition) is 3. The molecule has 8 heteroatoms. The largest absolute Gasteiger partial charge is 0.417 e. The van der Waals surface area contributed by atoms with Crippen LogP contribution in [0.5, 0.6) is 0 Å². The first-order valence-electron chi connectivity index (χ1n) is 6.06. The second-order valence-electron chi connectivity index (χ2n) is 4.23. The minimum absolute atomic E-state index is 0.0733. The fourth-order valence-electron chi connectivity index (χ4n) is 1.54. The van der Waals surface area contributed by atoms with Crippen molar-refractivity contribution in [2.45, 2.75) is 11.2 Å². The van der Waals surface area contributed by atoms with Crippen LogP contribution in [0.1, 0.15) is 5.56 Å². The second-order valence-corrected chi connectivity index (χ2v) is 6.47. The molecule has 1 aromatic carbocycles. The fourth-order valence-corrected chi connectivity index (χ4v) is 2.72. The fraction of sp³-hybridized carbons (Fsp3) is 0.143. The van der Waals surface area contributed by atoms with Gasteiger partial charge in [0.25, 0.3) is 0 Å². The molecule has 1 N–H and O–H groups in total. The van der Waals surface area contributed by atoms with Crippen molar-refractivity contribution in [3.63, 3.8) is 0 Å². The molecule has 2 rings (SSSR count). The summed E-state index contributed by atoms with van der Waals surface area (Å²) in [5.41, 5.74) is -0.127. The molecule has 3 nitrogen and oxygen atoms in total. The van der Waals surface area contributed by atoms with Crippen LogP contribution in [-0.4, -0.2) is 16.6 Å². The molecular formula is C14H10F3IN2OS. The summed E-state index contributed by atoms with van der Waals surface area (Å²) in [5.74, 6) is -0.169. The van der Waals surface area contributed by atoms with Crippen LogP contribution in [0.4, 0.5) is 18.9 Å². The van der Waals surface area contributed by atoms with Crippen LogP contribution in [0.25, 0.3) is 0 Å². The first-order chi connectivity index (χ1) is 10.3. The van der Waals surface area contributed by atoms with Gasteiger partial charge in [0.1, 0.15) is 0 Å². The molecule has 1 amide bonds. The second kappa shape index (κ2) is 7.32. The lowest BCUT2D eigenvalue weighted by molar-refractivity contribution is -0.137. The monoisotopic (exact) mass is 438 g/mol. The highest BCUT2D eigenvalue weighted by Gasteiger charge is 2.30. The molecule has 0 fully saturated rings. The summed E-state index contributed by atoms with van der Waals surface area (Å²) in [5, 5.41) is 3.08. The Bertz CT molecular complexity index is 662. The molecule has 0 radical (unpaired) electrons. The van der Waals surface area contributed by atoms with Gasteiger partial charge < -0.3 is 5.32 Å². The highest BCUT2D eigenvalue weighted by atomic mass is 127. The third-order valence-electron chi connectivity index (χ3n) is 2.52. The molecule has 0 aliphatic rings. The lowest BCUT2D eigenvalue weighted by Crippen LogP contribution is -2.14. The number of amides is 1. The van der Waals surface area contributed by atoms with E-state index in [1.807, 2.05) is 18.2 Å². The first kappa shape index (κ1) is 17.1. The van der Waals surface area contributed by atoms with E-state index in [-0.39, 0.29) is 11.7 Å². The molecule has 0 atom stereocenters. The maximum atomic E-state index is 12.4. The first-order valence-corrected chi connectivity index (χ1v) is 8.12. The molecule has 0 aliphatic carbocycles. The van der Waals surface area contributed by atoms with E-state index in [0.29, 0.717) is 10.7 Å². The highest BCUT2D eigenvalue weighted by molar-refractivity contribution is 14.1. The maximum absolute atomic E-state index is 12.4. The van der Waals surface area contributed by atoms with E-state index in [9.17, 15) is 18.0 Å². The molecule has 0 aliphatic heterocycles. The van der Waals surface area contributed by atoms with Crippen molar-refractivity contribution in [2.24, 2.45) is 0 Å². The summed E-state index contributed by atoms with van der Waals surface area (Å²) in [6.45, 7) is 0. The number of benzene rings is 1. The van der Waals surface area contributed by atoms with Gasteiger partial charge in [-0.1, -0.05) is 17.8 Å². The van der Waals surface area contributed by atoms with E-state index in [1.165, 1.54) is 6.07 Å². The Morgan fingerprint density at radius 2 is 2.05 bits per heavy atom. The highest BCUT2D eigenvalue weighted by Crippen LogP contribution is 2.29. The number of thioether (sulfide) groups is 1. The lowest BCUT2D eigenvalue weighted by atomic mass is 10.3. The SMILES string of the molecule is O=C(CSc1ccc(C(F)(F)F)cn1)Nc1cccc(I)c1. The van der Waals surface area contributed by atoms with Gasteiger partial charge in [0.2, 0.25) is 5.91 Å². The van der Waals surface area contributed by atoms with Crippen molar-refractivity contribution >= 4 is 45.9 Å². The number of carbonyl (C=O) groups excluding carboxylic acids is 1. The average molecular weight is 438 g/mol. The smallest absolute Gasteiger partial charge is 0.325 e. The van der Waals surface area contributed by atoms with Gasteiger partial charge in [0.05, 0.1) is 16.3 Å². The van der Waals surface area contributed by atoms with E-state index in [0.717, 1.165) is 27.6 Å². The summed E-state index contributed by atoms with van der Waals surface area (Å²) in [7, 11) is 0. The molecular weight excluding hydrogens is 428 g/mol. The Balaban J connectivity index is 1.88. The number of carbonyl (C=O) groups is 1. The van der Waals surface area contributed by atoms with Gasteiger partial charge in [0.15, 0.2) is 0 Å². The van der Waals surface area contributed by atoms with Crippen molar-refractivity contribution < 1.29 is 18.0 Å². The van der Waals surface area contributed by atoms with Crippen LogP contribution in [0, 0.1) is 3.57 Å². The Labute approximate surface area is 142 Å². The van der Waals surface area contributed by atoms with Gasteiger partial charge in [-0.25, -0.2) is 4.98 Å². The number of pyridine rings is 1. The maximum Gasteiger partial charge on any atom is 0.417 e. The number of hydrogen-bond donors (Lipinski definition) is 1. The summed E-state index contributed by atoms with van der Waals surface area (Å²) >= 11 is 3.21. The van der Waals surface area contributed by atoms with Crippen molar-refractivity contribution in [3.8, 4) is 0 Å². The van der Waals surface area contributed by atoms with Crippen LogP contribution in [0.2, 0.25) is 0 Å². The standard InChI is InChI=1S/C14H10F3IN2OS/c15-14(16,17)9-4-5-13(19-7-9)22-8-12(21)20-11-3-1-2-10(18)6-11/h1-7H,8H2,(H,20,21).